The van der Waals surface area contributed by atoms with Gasteiger partial charge in [-0.25, -0.2) is 13.8 Å². The van der Waals surface area contributed by atoms with Crippen LogP contribution in [0.15, 0.2) is 6.20 Å². The van der Waals surface area contributed by atoms with Crippen LogP contribution in [-0.2, 0) is 5.33 Å². The second-order valence-electron chi connectivity index (χ2n) is 2.40. The lowest BCUT2D eigenvalue weighted by molar-refractivity contribution is 0.150. The van der Waals surface area contributed by atoms with Crippen LogP contribution in [0.25, 0.3) is 0 Å². The normalized spacial score (nSPS) is 10.3. The van der Waals surface area contributed by atoms with Crippen LogP contribution in [0, 0.1) is 14.9 Å². The van der Waals surface area contributed by atoms with Gasteiger partial charge in [0.05, 0.1) is 0 Å². The Morgan fingerprint density at radius 1 is 1.64 bits per heavy atom. The number of hydrogen-bond donors (Lipinski definition) is 0. The summed E-state index contributed by atoms with van der Waals surface area (Å²) in [4.78, 5) is 3.67. The minimum Gasteiger partial charge on any atom is -0.245 e. The molecule has 0 aliphatic rings. The lowest BCUT2D eigenvalue weighted by Gasteiger charge is -2.07. The van der Waals surface area contributed by atoms with E-state index in [2.05, 4.69) is 20.9 Å². The maximum absolute atomic E-state index is 12.4. The van der Waals surface area contributed by atoms with Crippen molar-refractivity contribution in [1.29, 1.82) is 5.26 Å². The molecule has 0 amide bonds. The van der Waals surface area contributed by atoms with Crippen molar-refractivity contribution in [2.45, 2.75) is 11.8 Å². The van der Waals surface area contributed by atoms with Gasteiger partial charge in [0, 0.05) is 26.2 Å². The Balaban J connectivity index is 3.37. The van der Waals surface area contributed by atoms with Crippen LogP contribution in [0.4, 0.5) is 8.78 Å². The van der Waals surface area contributed by atoms with Crippen molar-refractivity contribution in [3.05, 3.63) is 26.6 Å². The zero-order valence-corrected chi connectivity index (χ0v) is 10.5. The quantitative estimate of drug-likeness (QED) is 0.589. The first-order valence-corrected chi connectivity index (χ1v) is 5.73. The molecule has 1 rings (SSSR count). The molecule has 2 nitrogen and oxygen atoms in total. The van der Waals surface area contributed by atoms with Crippen LogP contribution in [0.2, 0.25) is 0 Å². The molecule has 0 saturated carbocycles. The molecule has 0 aromatic carbocycles. The van der Waals surface area contributed by atoms with Gasteiger partial charge in [-0.05, 0) is 22.6 Å². The monoisotopic (exact) mass is 372 g/mol. The number of aromatic nitrogens is 1. The second-order valence-corrected chi connectivity index (χ2v) is 4.04. The number of pyridine rings is 1. The van der Waals surface area contributed by atoms with E-state index in [1.165, 1.54) is 0 Å². The van der Waals surface area contributed by atoms with Gasteiger partial charge in [0.15, 0.2) is 0 Å². The molecular weight excluding hydrogens is 369 g/mol. The summed E-state index contributed by atoms with van der Waals surface area (Å²) < 4.78 is 25.3. The first-order valence-electron chi connectivity index (χ1n) is 3.53. The Morgan fingerprint density at radius 3 is 2.71 bits per heavy atom. The largest absolute Gasteiger partial charge is 0.266 e. The summed E-state index contributed by atoms with van der Waals surface area (Å²) in [5.41, 5.74) is 0.584. The topological polar surface area (TPSA) is 36.7 Å². The van der Waals surface area contributed by atoms with E-state index in [9.17, 15) is 8.78 Å². The number of halogens is 4. The van der Waals surface area contributed by atoms with Gasteiger partial charge in [-0.1, -0.05) is 15.9 Å². The first-order chi connectivity index (χ1) is 6.61. The second kappa shape index (κ2) is 4.98. The molecule has 14 heavy (non-hydrogen) atoms. The summed E-state index contributed by atoms with van der Waals surface area (Å²) in [7, 11) is 0. The predicted molar refractivity (Wildman–Crippen MR) is 59.3 cm³/mol. The Bertz CT molecular complexity index is 390. The van der Waals surface area contributed by atoms with Gasteiger partial charge in [-0.15, -0.1) is 0 Å². The van der Waals surface area contributed by atoms with Crippen LogP contribution in [0.5, 0.6) is 0 Å². The smallest absolute Gasteiger partial charge is 0.245 e. The minimum atomic E-state index is -2.56. The molecule has 1 aromatic rings. The maximum Gasteiger partial charge on any atom is 0.266 e. The average molecular weight is 373 g/mol. The van der Waals surface area contributed by atoms with Crippen molar-refractivity contribution in [3.63, 3.8) is 0 Å². The summed E-state index contributed by atoms with van der Waals surface area (Å²) in [6.45, 7) is 0. The van der Waals surface area contributed by atoms with Gasteiger partial charge in [-0.3, -0.25) is 0 Å². The van der Waals surface area contributed by atoms with E-state index in [1.54, 1.807) is 22.6 Å². The van der Waals surface area contributed by atoms with Crippen molar-refractivity contribution in [2.24, 2.45) is 0 Å². The summed E-state index contributed by atoms with van der Waals surface area (Å²) in [5.74, 6) is 0. The Kier molecular flexibility index (Phi) is 4.19. The summed E-state index contributed by atoms with van der Waals surface area (Å²) in [5, 5.41) is 9.03. The fourth-order valence-electron chi connectivity index (χ4n) is 0.917. The molecule has 0 bridgehead atoms. The van der Waals surface area contributed by atoms with Crippen molar-refractivity contribution in [1.82, 2.24) is 4.98 Å². The Labute approximate surface area is 102 Å². The van der Waals surface area contributed by atoms with Gasteiger partial charge in [0.2, 0.25) is 0 Å². The van der Waals surface area contributed by atoms with Gasteiger partial charge in [-0.2, -0.15) is 5.26 Å². The van der Waals surface area contributed by atoms with Crippen LogP contribution < -0.4 is 0 Å². The van der Waals surface area contributed by atoms with Crippen molar-refractivity contribution in [3.8, 4) is 6.07 Å². The number of hydrogen-bond acceptors (Lipinski definition) is 2. The molecule has 0 spiro atoms. The third-order valence-corrected chi connectivity index (χ3v) is 3.45. The fraction of sp³-hybridized carbons (Fsp3) is 0.250. The molecule has 0 N–H and O–H groups in total. The van der Waals surface area contributed by atoms with Gasteiger partial charge < -0.3 is 0 Å². The SMILES string of the molecule is N#Cc1ncc(C(F)F)c(I)c1CBr. The molecule has 6 heteroatoms. The highest BCUT2D eigenvalue weighted by Crippen LogP contribution is 2.28. The molecule has 74 valence electrons. The van der Waals surface area contributed by atoms with Gasteiger partial charge >= 0.3 is 0 Å². The first kappa shape index (κ1) is 11.8. The highest BCUT2D eigenvalue weighted by Gasteiger charge is 2.17. The molecule has 1 aromatic heterocycles. The molecule has 0 atom stereocenters. The van der Waals surface area contributed by atoms with Crippen molar-refractivity contribution in [2.75, 3.05) is 0 Å². The predicted octanol–water partition coefficient (Wildman–Crippen LogP) is 3.39. The highest BCUT2D eigenvalue weighted by molar-refractivity contribution is 14.1. The van der Waals surface area contributed by atoms with E-state index in [0.29, 0.717) is 14.5 Å². The summed E-state index contributed by atoms with van der Waals surface area (Å²) in [6, 6.07) is 1.86. The molecule has 0 saturated heterocycles. The van der Waals surface area contributed by atoms with E-state index < -0.39 is 6.43 Å². The molecule has 0 radical (unpaired) electrons. The Hall–Kier alpha value is -0.290. The molecule has 0 aliphatic carbocycles. The van der Waals surface area contributed by atoms with Crippen LogP contribution in [0.3, 0.4) is 0 Å². The lowest BCUT2D eigenvalue weighted by Crippen LogP contribution is -2.00. The molecular formula is C8H4BrF2IN2. The minimum absolute atomic E-state index is 0.126. The van der Waals surface area contributed by atoms with Crippen LogP contribution in [0.1, 0.15) is 23.2 Å². The van der Waals surface area contributed by atoms with Crippen LogP contribution in [-0.4, -0.2) is 4.98 Å². The molecule has 1 heterocycles. The fourth-order valence-corrected chi connectivity index (χ4v) is 2.81. The molecule has 0 unspecified atom stereocenters. The molecule has 0 fully saturated rings. The van der Waals surface area contributed by atoms with Crippen LogP contribution >= 0.6 is 38.5 Å². The van der Waals surface area contributed by atoms with Gasteiger partial charge in [0.25, 0.3) is 6.43 Å². The maximum atomic E-state index is 12.4. The third-order valence-electron chi connectivity index (χ3n) is 1.61. The number of nitriles is 1. The van der Waals surface area contributed by atoms with E-state index in [0.717, 1.165) is 6.20 Å². The van der Waals surface area contributed by atoms with E-state index in [1.807, 2.05) is 6.07 Å². The van der Waals surface area contributed by atoms with Crippen molar-refractivity contribution < 1.29 is 8.78 Å². The van der Waals surface area contributed by atoms with E-state index in [4.69, 9.17) is 5.26 Å². The lowest BCUT2D eigenvalue weighted by atomic mass is 10.1. The van der Waals surface area contributed by atoms with Gasteiger partial charge in [0.1, 0.15) is 11.8 Å². The average Bonchev–Trinajstić information content (AvgIpc) is 2.16. The zero-order valence-electron chi connectivity index (χ0n) is 6.77. The van der Waals surface area contributed by atoms with E-state index in [-0.39, 0.29) is 11.3 Å². The van der Waals surface area contributed by atoms with Crippen molar-refractivity contribution >= 4 is 38.5 Å². The number of alkyl halides is 3. The number of rotatable bonds is 2. The number of nitrogens with zero attached hydrogens (tertiary/aromatic N) is 2. The highest BCUT2D eigenvalue weighted by atomic mass is 127. The van der Waals surface area contributed by atoms with E-state index >= 15 is 0 Å². The Morgan fingerprint density at radius 2 is 2.29 bits per heavy atom. The third kappa shape index (κ3) is 2.20. The zero-order chi connectivity index (χ0) is 10.7. The summed E-state index contributed by atoms with van der Waals surface area (Å²) >= 11 is 4.95. The standard InChI is InChI=1S/C8H4BrF2IN2/c9-1-4-6(2-13)14-3-5(7(4)12)8(10)11/h3,8H,1H2. The molecule has 0 aliphatic heterocycles. The summed E-state index contributed by atoms with van der Waals surface area (Å²) in [6.07, 6.45) is -1.50.